The van der Waals surface area contributed by atoms with Crippen LogP contribution < -0.4 is 5.32 Å². The molecule has 3 heterocycles. The van der Waals surface area contributed by atoms with Crippen molar-refractivity contribution in [3.63, 3.8) is 0 Å². The second-order valence-corrected chi connectivity index (χ2v) is 12.0. The lowest BCUT2D eigenvalue weighted by molar-refractivity contribution is -0.146. The van der Waals surface area contributed by atoms with Crippen LogP contribution in [0, 0.1) is 5.41 Å². The number of likely N-dealkylation sites (N-methyl/N-ethyl adjacent to an activating group) is 2. The fraction of sp³-hybridized carbons (Fsp3) is 0.290. The first kappa shape index (κ1) is 26.5. The van der Waals surface area contributed by atoms with Crippen LogP contribution in [0.15, 0.2) is 72.3 Å². The van der Waals surface area contributed by atoms with Crippen LogP contribution in [0.4, 0.5) is 5.69 Å². The number of fused-ring (bicyclic) bond motifs is 3. The molecule has 2 fully saturated rings. The minimum absolute atomic E-state index is 0.0191. The van der Waals surface area contributed by atoms with Crippen molar-refractivity contribution in [3.05, 3.63) is 104 Å². The summed E-state index contributed by atoms with van der Waals surface area (Å²) >= 11 is 18.9. The van der Waals surface area contributed by atoms with Crippen molar-refractivity contribution in [3.8, 4) is 0 Å². The van der Waals surface area contributed by atoms with Gasteiger partial charge in [0.1, 0.15) is 5.54 Å². The monoisotopic (exact) mass is 579 g/mol. The van der Waals surface area contributed by atoms with Gasteiger partial charge in [-0.25, -0.2) is 0 Å². The highest BCUT2D eigenvalue weighted by Gasteiger charge is 2.74. The first-order chi connectivity index (χ1) is 18.7. The van der Waals surface area contributed by atoms with Crippen LogP contribution in [-0.2, 0) is 15.1 Å². The average Bonchev–Trinajstić information content (AvgIpc) is 3.36. The molecule has 1 N–H and O–H groups in total. The molecular weight excluding hydrogens is 553 g/mol. The number of anilines is 1. The Hall–Kier alpha value is -2.67. The lowest BCUT2D eigenvalue weighted by Gasteiger charge is -2.51. The molecule has 200 valence electrons. The Morgan fingerprint density at radius 2 is 1.59 bits per heavy atom. The van der Waals surface area contributed by atoms with Gasteiger partial charge < -0.3 is 5.32 Å². The number of benzene rings is 3. The van der Waals surface area contributed by atoms with Gasteiger partial charge in [-0.15, -0.1) is 0 Å². The number of hydrogen-bond acceptors (Lipinski definition) is 4. The number of carbonyl (C=O) groups is 2. The van der Waals surface area contributed by atoms with Gasteiger partial charge in [0.2, 0.25) is 0 Å². The zero-order valence-electron chi connectivity index (χ0n) is 21.7. The number of nitrogens with zero attached hydrogens (tertiary/aromatic N) is 2. The fourth-order valence-corrected chi connectivity index (χ4v) is 7.47. The van der Waals surface area contributed by atoms with Gasteiger partial charge in [0.15, 0.2) is 5.78 Å². The SMILES string of the molecule is CCN1C/C(=C\c2ccc(Cl)cc2)C(=O)[C@]2(C1)[C@@H](c1ccc(Cl)cc1)CN(C)[C@@]21C(=O)Nc2ccc(Cl)cc21. The van der Waals surface area contributed by atoms with Crippen LogP contribution in [0.2, 0.25) is 15.1 Å². The Balaban J connectivity index is 1.64. The van der Waals surface area contributed by atoms with E-state index in [1.54, 1.807) is 6.07 Å². The highest BCUT2D eigenvalue weighted by atomic mass is 35.5. The molecular formula is C31H28Cl3N3O2. The summed E-state index contributed by atoms with van der Waals surface area (Å²) in [4.78, 5) is 33.7. The molecule has 0 radical (unpaired) electrons. The summed E-state index contributed by atoms with van der Waals surface area (Å²) in [6, 6.07) is 20.6. The van der Waals surface area contributed by atoms with E-state index in [0.29, 0.717) is 46.0 Å². The first-order valence-corrected chi connectivity index (χ1v) is 14.2. The van der Waals surface area contributed by atoms with E-state index in [4.69, 9.17) is 34.8 Å². The molecule has 0 unspecified atom stereocenters. The summed E-state index contributed by atoms with van der Waals surface area (Å²) in [5.41, 5.74) is 1.60. The maximum Gasteiger partial charge on any atom is 0.250 e. The van der Waals surface area contributed by atoms with Crippen LogP contribution in [-0.4, -0.2) is 54.7 Å². The molecule has 2 saturated heterocycles. The highest BCUT2D eigenvalue weighted by molar-refractivity contribution is 6.31. The molecule has 3 aromatic carbocycles. The molecule has 8 heteroatoms. The van der Waals surface area contributed by atoms with Gasteiger partial charge in [-0.05, 0) is 73.3 Å². The molecule has 3 atom stereocenters. The fourth-order valence-electron chi connectivity index (χ4n) is 7.05. The molecule has 1 amide bonds. The quantitative estimate of drug-likeness (QED) is 0.360. The van der Waals surface area contributed by atoms with Crippen molar-refractivity contribution in [1.29, 1.82) is 0 Å². The van der Waals surface area contributed by atoms with Crippen molar-refractivity contribution in [2.45, 2.75) is 18.4 Å². The smallest absolute Gasteiger partial charge is 0.250 e. The maximum absolute atomic E-state index is 15.1. The predicted molar refractivity (Wildman–Crippen MR) is 158 cm³/mol. The number of Topliss-reactive ketones (excluding diaryl/α,β-unsaturated/α-hetero) is 1. The molecule has 2 spiro atoms. The topological polar surface area (TPSA) is 52.7 Å². The molecule has 0 aromatic heterocycles. The van der Waals surface area contributed by atoms with Crippen LogP contribution in [0.1, 0.15) is 29.5 Å². The van der Waals surface area contributed by atoms with E-state index in [0.717, 1.165) is 23.2 Å². The van der Waals surface area contributed by atoms with E-state index >= 15 is 4.79 Å². The highest BCUT2D eigenvalue weighted by Crippen LogP contribution is 2.64. The van der Waals surface area contributed by atoms with Crippen molar-refractivity contribution in [2.24, 2.45) is 5.41 Å². The number of ketones is 1. The van der Waals surface area contributed by atoms with Crippen LogP contribution in [0.3, 0.4) is 0 Å². The Bertz CT molecular complexity index is 1500. The van der Waals surface area contributed by atoms with E-state index in [-0.39, 0.29) is 17.6 Å². The zero-order valence-corrected chi connectivity index (χ0v) is 23.9. The molecule has 5 nitrogen and oxygen atoms in total. The molecule has 39 heavy (non-hydrogen) atoms. The van der Waals surface area contributed by atoms with Crippen LogP contribution >= 0.6 is 34.8 Å². The number of nitrogens with one attached hydrogen (secondary N) is 1. The van der Waals surface area contributed by atoms with E-state index in [1.165, 1.54) is 0 Å². The Morgan fingerprint density at radius 3 is 2.26 bits per heavy atom. The number of likely N-dealkylation sites (tertiary alicyclic amines) is 2. The predicted octanol–water partition coefficient (Wildman–Crippen LogP) is 6.50. The van der Waals surface area contributed by atoms with Gasteiger partial charge in [0.05, 0.1) is 5.41 Å². The number of halogens is 3. The van der Waals surface area contributed by atoms with Gasteiger partial charge in [-0.3, -0.25) is 19.4 Å². The third-order valence-corrected chi connectivity index (χ3v) is 9.45. The molecule has 0 saturated carbocycles. The molecule has 3 aliphatic heterocycles. The maximum atomic E-state index is 15.1. The largest absolute Gasteiger partial charge is 0.324 e. The van der Waals surface area contributed by atoms with Crippen LogP contribution in [0.25, 0.3) is 6.08 Å². The third kappa shape index (κ3) is 3.90. The normalized spacial score (nSPS) is 28.0. The standard InChI is InChI=1S/C31H28Cl3N3O2/c1-3-37-16-21(14-19-4-8-22(32)9-5-19)28(38)30(18-37)26(20-6-10-23(33)11-7-20)17-36(2)31(30)25-15-24(34)12-13-27(25)35-29(31)39/h4-15,26H,3,16-18H2,1-2H3,(H,35,39)/b21-14+/t26-,30+,31+/m1/s1. The summed E-state index contributed by atoms with van der Waals surface area (Å²) < 4.78 is 0. The van der Waals surface area contributed by atoms with E-state index < -0.39 is 11.0 Å². The minimum atomic E-state index is -1.25. The lowest BCUT2D eigenvalue weighted by Crippen LogP contribution is -2.65. The number of carbonyl (C=O) groups excluding carboxylic acids is 2. The summed E-state index contributed by atoms with van der Waals surface area (Å²) in [5, 5.41) is 4.88. The number of hydrogen-bond donors (Lipinski definition) is 1. The van der Waals surface area contributed by atoms with E-state index in [2.05, 4.69) is 22.0 Å². The van der Waals surface area contributed by atoms with Crippen molar-refractivity contribution in [2.75, 3.05) is 38.5 Å². The summed E-state index contributed by atoms with van der Waals surface area (Å²) in [5.74, 6) is -0.490. The Labute approximate surface area is 243 Å². The molecule has 3 aromatic rings. The summed E-state index contributed by atoms with van der Waals surface area (Å²) in [7, 11) is 1.94. The average molecular weight is 581 g/mol. The molecule has 3 aliphatic rings. The second kappa shape index (κ2) is 9.76. The van der Waals surface area contributed by atoms with Gasteiger partial charge in [-0.2, -0.15) is 0 Å². The van der Waals surface area contributed by atoms with Gasteiger partial charge in [0, 0.05) is 57.4 Å². The summed E-state index contributed by atoms with van der Waals surface area (Å²) in [6.07, 6.45) is 1.94. The number of amides is 1. The number of rotatable bonds is 3. The lowest BCUT2D eigenvalue weighted by atomic mass is 9.56. The molecule has 0 aliphatic carbocycles. The Kier molecular flexibility index (Phi) is 6.64. The second-order valence-electron chi connectivity index (χ2n) is 10.7. The Morgan fingerprint density at radius 1 is 0.949 bits per heavy atom. The third-order valence-electron chi connectivity index (χ3n) is 8.71. The van der Waals surface area contributed by atoms with Crippen molar-refractivity contribution < 1.29 is 9.59 Å². The number of piperidine rings is 1. The minimum Gasteiger partial charge on any atom is -0.324 e. The molecule has 6 rings (SSSR count). The zero-order chi connectivity index (χ0) is 27.5. The van der Waals surface area contributed by atoms with E-state index in [1.807, 2.05) is 73.8 Å². The first-order valence-electron chi connectivity index (χ1n) is 13.0. The summed E-state index contributed by atoms with van der Waals surface area (Å²) in [6.45, 7) is 4.25. The molecule has 0 bridgehead atoms. The van der Waals surface area contributed by atoms with Crippen LogP contribution in [0.5, 0.6) is 0 Å². The van der Waals surface area contributed by atoms with E-state index in [9.17, 15) is 4.79 Å². The van der Waals surface area contributed by atoms with Crippen molar-refractivity contribution >= 4 is 58.3 Å². The van der Waals surface area contributed by atoms with Gasteiger partial charge in [0.25, 0.3) is 5.91 Å². The van der Waals surface area contributed by atoms with Gasteiger partial charge >= 0.3 is 0 Å². The van der Waals surface area contributed by atoms with Gasteiger partial charge in [-0.1, -0.05) is 66.0 Å². The van der Waals surface area contributed by atoms with Crippen molar-refractivity contribution in [1.82, 2.24) is 9.80 Å².